The number of amides is 1. The van der Waals surface area contributed by atoms with Gasteiger partial charge in [0.15, 0.2) is 0 Å². The van der Waals surface area contributed by atoms with E-state index in [1.54, 1.807) is 0 Å². The molecule has 3 unspecified atom stereocenters. The fraction of sp³-hybridized carbons (Fsp3) is 0.833. The molecule has 2 rings (SSSR count). The number of primary amides is 1. The third kappa shape index (κ3) is 0.721. The molecular formula is C6H10N2O. The number of hydrogen-bond donors (Lipinski definition) is 2. The molecule has 0 aromatic heterocycles. The zero-order valence-corrected chi connectivity index (χ0v) is 4.92. The summed E-state index contributed by atoms with van der Waals surface area (Å²) >= 11 is 0. The first kappa shape index (κ1) is 3.56. The van der Waals surface area contributed by atoms with Crippen LogP contribution in [0.2, 0.25) is 0 Å². The van der Waals surface area contributed by atoms with E-state index in [9.17, 15) is 4.79 Å². The first-order valence-electron chi connectivity index (χ1n) is 4.09. The SMILES string of the molecule is [2H]C1([2H])C(C(N)=O)NC2CC21. The molecule has 2 aliphatic rings. The molecule has 2 fully saturated rings. The second-order valence-corrected chi connectivity index (χ2v) is 2.62. The van der Waals surface area contributed by atoms with Crippen molar-refractivity contribution in [1.29, 1.82) is 0 Å². The highest BCUT2D eigenvalue weighted by Crippen LogP contribution is 2.40. The summed E-state index contributed by atoms with van der Waals surface area (Å²) in [5.41, 5.74) is 5.01. The van der Waals surface area contributed by atoms with Crippen LogP contribution in [-0.2, 0) is 4.79 Å². The van der Waals surface area contributed by atoms with E-state index in [-0.39, 0.29) is 12.0 Å². The molecule has 3 heteroatoms. The van der Waals surface area contributed by atoms with Gasteiger partial charge in [-0.15, -0.1) is 0 Å². The second-order valence-electron chi connectivity index (χ2n) is 2.62. The van der Waals surface area contributed by atoms with Crippen molar-refractivity contribution < 1.29 is 7.54 Å². The Hall–Kier alpha value is -0.570. The van der Waals surface area contributed by atoms with Crippen LogP contribution in [-0.4, -0.2) is 18.0 Å². The molecule has 9 heavy (non-hydrogen) atoms. The number of fused-ring (bicyclic) bond motifs is 1. The number of piperidine rings is 1. The van der Waals surface area contributed by atoms with Crippen molar-refractivity contribution in [3.8, 4) is 0 Å². The molecule has 1 aliphatic heterocycles. The van der Waals surface area contributed by atoms with Gasteiger partial charge in [0, 0.05) is 8.78 Å². The van der Waals surface area contributed by atoms with Crippen LogP contribution in [0.15, 0.2) is 0 Å². The van der Waals surface area contributed by atoms with Crippen molar-refractivity contribution >= 4 is 5.91 Å². The van der Waals surface area contributed by atoms with Gasteiger partial charge in [0.1, 0.15) is 0 Å². The van der Waals surface area contributed by atoms with E-state index >= 15 is 0 Å². The van der Waals surface area contributed by atoms with Crippen LogP contribution >= 0.6 is 0 Å². The van der Waals surface area contributed by atoms with E-state index in [0.717, 1.165) is 6.42 Å². The number of carbonyl (C=O) groups excluding carboxylic acids is 1. The summed E-state index contributed by atoms with van der Waals surface area (Å²) in [6, 6.07) is -0.575. The number of nitrogens with one attached hydrogen (secondary N) is 1. The fourth-order valence-electron chi connectivity index (χ4n) is 1.20. The van der Waals surface area contributed by atoms with E-state index in [1.807, 2.05) is 0 Å². The van der Waals surface area contributed by atoms with Gasteiger partial charge in [0.2, 0.25) is 5.91 Å². The van der Waals surface area contributed by atoms with Crippen molar-refractivity contribution in [2.45, 2.75) is 24.9 Å². The molecule has 0 aromatic carbocycles. The van der Waals surface area contributed by atoms with Crippen LogP contribution < -0.4 is 11.1 Å². The Labute approximate surface area is 56.4 Å². The monoisotopic (exact) mass is 128 g/mol. The first-order chi connectivity index (χ1) is 5.03. The molecule has 0 bridgehead atoms. The first-order valence-corrected chi connectivity index (χ1v) is 3.09. The van der Waals surface area contributed by atoms with Gasteiger partial charge in [-0.25, -0.2) is 0 Å². The lowest BCUT2D eigenvalue weighted by molar-refractivity contribution is -0.119. The minimum absolute atomic E-state index is 0.0139. The van der Waals surface area contributed by atoms with Gasteiger partial charge in [-0.05, 0) is 18.7 Å². The Morgan fingerprint density at radius 1 is 1.89 bits per heavy atom. The van der Waals surface area contributed by atoms with Crippen LogP contribution in [0.1, 0.15) is 15.5 Å². The smallest absolute Gasteiger partial charge is 0.234 e. The molecule has 1 heterocycles. The number of rotatable bonds is 1. The Balaban J connectivity index is 2.20. The van der Waals surface area contributed by atoms with E-state index in [1.165, 1.54) is 0 Å². The minimum atomic E-state index is -1.42. The van der Waals surface area contributed by atoms with E-state index < -0.39 is 18.3 Å². The van der Waals surface area contributed by atoms with Crippen LogP contribution in [0.4, 0.5) is 0 Å². The molecular weight excluding hydrogens is 116 g/mol. The van der Waals surface area contributed by atoms with Gasteiger partial charge in [0.25, 0.3) is 0 Å². The van der Waals surface area contributed by atoms with Crippen LogP contribution in [0.5, 0.6) is 0 Å². The van der Waals surface area contributed by atoms with Crippen LogP contribution in [0.3, 0.4) is 0 Å². The van der Waals surface area contributed by atoms with Crippen molar-refractivity contribution in [2.24, 2.45) is 11.7 Å². The summed E-state index contributed by atoms with van der Waals surface area (Å²) in [7, 11) is 0. The molecule has 1 saturated carbocycles. The summed E-state index contributed by atoms with van der Waals surface area (Å²) < 4.78 is 15.0. The zero-order chi connectivity index (χ0) is 8.22. The van der Waals surface area contributed by atoms with Crippen molar-refractivity contribution in [3.63, 3.8) is 0 Å². The predicted octanol–water partition coefficient (Wildman–Crippen LogP) is -0.778. The van der Waals surface area contributed by atoms with Gasteiger partial charge in [-0.1, -0.05) is 0 Å². The maximum absolute atomic E-state index is 10.7. The summed E-state index contributed by atoms with van der Waals surface area (Å²) in [6.07, 6.45) is -0.576. The van der Waals surface area contributed by atoms with Crippen molar-refractivity contribution in [2.75, 3.05) is 0 Å². The van der Waals surface area contributed by atoms with Gasteiger partial charge >= 0.3 is 0 Å². The predicted molar refractivity (Wildman–Crippen MR) is 32.6 cm³/mol. The molecule has 0 spiro atoms. The van der Waals surface area contributed by atoms with Gasteiger partial charge in [-0.2, -0.15) is 0 Å². The largest absolute Gasteiger partial charge is 0.368 e. The quantitative estimate of drug-likeness (QED) is 0.487. The fourth-order valence-corrected chi connectivity index (χ4v) is 1.20. The normalized spacial score (nSPS) is 55.3. The Bertz CT molecular complexity index is 219. The Morgan fingerprint density at radius 3 is 3.00 bits per heavy atom. The Morgan fingerprint density at radius 2 is 2.67 bits per heavy atom. The average Bonchev–Trinajstić information content (AvgIpc) is 2.55. The van der Waals surface area contributed by atoms with Gasteiger partial charge in [-0.3, -0.25) is 4.79 Å². The minimum Gasteiger partial charge on any atom is -0.368 e. The lowest BCUT2D eigenvalue weighted by Crippen LogP contribution is -2.38. The molecule has 1 saturated heterocycles. The third-order valence-electron chi connectivity index (χ3n) is 1.84. The van der Waals surface area contributed by atoms with E-state index in [4.69, 9.17) is 8.48 Å². The molecule has 3 nitrogen and oxygen atoms in total. The maximum atomic E-state index is 10.7. The molecule has 1 amide bonds. The number of hydrogen-bond acceptors (Lipinski definition) is 2. The molecule has 3 N–H and O–H groups in total. The molecule has 3 atom stereocenters. The van der Waals surface area contributed by atoms with Gasteiger partial charge in [0.05, 0.1) is 6.04 Å². The maximum Gasteiger partial charge on any atom is 0.234 e. The molecule has 1 aliphatic carbocycles. The van der Waals surface area contributed by atoms with Crippen molar-refractivity contribution in [1.82, 2.24) is 5.32 Å². The summed E-state index contributed by atoms with van der Waals surface area (Å²) in [5, 5.41) is 2.87. The summed E-state index contributed by atoms with van der Waals surface area (Å²) in [5.74, 6) is -0.567. The van der Waals surface area contributed by atoms with Crippen LogP contribution in [0, 0.1) is 5.92 Å². The molecule has 50 valence electrons. The number of carbonyl (C=O) groups is 1. The molecule has 0 aromatic rings. The highest BCUT2D eigenvalue weighted by atomic mass is 16.1. The molecule has 0 radical (unpaired) electrons. The zero-order valence-electron chi connectivity index (χ0n) is 6.92. The lowest BCUT2D eigenvalue weighted by atomic mass is 10.2. The van der Waals surface area contributed by atoms with Crippen LogP contribution in [0.25, 0.3) is 0 Å². The number of nitrogens with two attached hydrogens (primary N) is 1. The lowest BCUT2D eigenvalue weighted by Gasteiger charge is -2.06. The summed E-state index contributed by atoms with van der Waals surface area (Å²) in [4.78, 5) is 10.7. The van der Waals surface area contributed by atoms with E-state index in [0.29, 0.717) is 0 Å². The summed E-state index contributed by atoms with van der Waals surface area (Å²) in [6.45, 7) is 0. The third-order valence-corrected chi connectivity index (χ3v) is 1.84. The highest BCUT2D eigenvalue weighted by Gasteiger charge is 2.47. The highest BCUT2D eigenvalue weighted by molar-refractivity contribution is 5.80. The standard InChI is InChI=1S/C6H10N2O/c7-6(9)5-2-3-1-4(3)8-5/h3-5,8H,1-2H2,(H2,7,9)/i2D2. The average molecular weight is 128 g/mol. The Kier molecular flexibility index (Phi) is 0.584. The van der Waals surface area contributed by atoms with Crippen molar-refractivity contribution in [3.05, 3.63) is 0 Å². The second kappa shape index (κ2) is 1.48. The van der Waals surface area contributed by atoms with Gasteiger partial charge < -0.3 is 11.1 Å². The topological polar surface area (TPSA) is 55.1 Å². The van der Waals surface area contributed by atoms with E-state index in [2.05, 4.69) is 5.32 Å².